The third-order valence-electron chi connectivity index (χ3n) is 8.48. The smallest absolute Gasteiger partial charge is 0.160 e. The minimum Gasteiger partial charge on any atom is -0.260 e. The summed E-state index contributed by atoms with van der Waals surface area (Å²) < 4.78 is 29.1. The Balaban J connectivity index is 1.46. The molecule has 1 aromatic carbocycles. The summed E-state index contributed by atoms with van der Waals surface area (Å²) in [5.74, 6) is -0.487. The van der Waals surface area contributed by atoms with Gasteiger partial charge in [0.2, 0.25) is 0 Å². The molecule has 0 N–H and O–H groups in total. The van der Waals surface area contributed by atoms with Gasteiger partial charge in [-0.1, -0.05) is 40.7 Å². The lowest BCUT2D eigenvalue weighted by Crippen LogP contribution is -2.38. The van der Waals surface area contributed by atoms with Gasteiger partial charge in [0.15, 0.2) is 5.82 Å². The monoisotopic (exact) mass is 497 g/mol. The highest BCUT2D eigenvalue weighted by atomic mass is 19.1. The van der Waals surface area contributed by atoms with E-state index >= 15 is 0 Å². The molecule has 1 saturated carbocycles. The molecule has 0 radical (unpaired) electrons. The standard InChI is InChI=1S/C30H29F2N5/c1-28(2,3)23-10-9-17(16-34-23)27-33-14-12-24(35-27)30-13-11-19(29(30,4)5)18-15-22(36-37-26(18)30)25-20(31)7-6-8-21(25)32/h6-10,12,14-16,19H,11,13H2,1-5H3/t19-,30-/m0/s1. The number of rotatable bonds is 3. The van der Waals surface area contributed by atoms with Crippen molar-refractivity contribution in [2.75, 3.05) is 0 Å². The normalized spacial score (nSPS) is 21.8. The Morgan fingerprint density at radius 3 is 2.38 bits per heavy atom. The second-order valence-electron chi connectivity index (χ2n) is 11.8. The molecule has 37 heavy (non-hydrogen) atoms. The molecule has 4 aromatic rings. The van der Waals surface area contributed by atoms with Crippen LogP contribution < -0.4 is 0 Å². The molecule has 0 spiro atoms. The van der Waals surface area contributed by atoms with E-state index in [1.54, 1.807) is 6.20 Å². The van der Waals surface area contributed by atoms with Crippen molar-refractivity contribution >= 4 is 0 Å². The molecule has 1 fully saturated rings. The van der Waals surface area contributed by atoms with Gasteiger partial charge in [0, 0.05) is 29.1 Å². The Kier molecular flexibility index (Phi) is 5.10. The van der Waals surface area contributed by atoms with E-state index in [0.29, 0.717) is 5.82 Å². The summed E-state index contributed by atoms with van der Waals surface area (Å²) >= 11 is 0. The highest BCUT2D eigenvalue weighted by Crippen LogP contribution is 2.69. The van der Waals surface area contributed by atoms with Gasteiger partial charge in [0.1, 0.15) is 11.6 Å². The van der Waals surface area contributed by atoms with Gasteiger partial charge in [0.25, 0.3) is 0 Å². The fraction of sp³-hybridized carbons (Fsp3) is 0.367. The first-order valence-corrected chi connectivity index (χ1v) is 12.7. The first kappa shape index (κ1) is 23.8. The molecule has 2 aliphatic carbocycles. The second kappa shape index (κ2) is 7.94. The number of fused-ring (bicyclic) bond motifs is 5. The summed E-state index contributed by atoms with van der Waals surface area (Å²) in [5, 5.41) is 8.96. The first-order chi connectivity index (χ1) is 17.5. The SMILES string of the molecule is CC(C)(C)c1ccc(-c2nccc([C@@]34CC[C@@H](c5cc(-c6c(F)cccc6F)nnc53)C4(C)C)n2)cn1. The highest BCUT2D eigenvalue weighted by Gasteiger charge is 2.65. The molecule has 6 rings (SSSR count). The summed E-state index contributed by atoms with van der Waals surface area (Å²) in [5.41, 5.74) is 3.97. The number of nitrogens with zero attached hydrogens (tertiary/aromatic N) is 5. The molecule has 0 saturated heterocycles. The van der Waals surface area contributed by atoms with Crippen LogP contribution in [0.2, 0.25) is 0 Å². The number of pyridine rings is 1. The van der Waals surface area contributed by atoms with Crippen molar-refractivity contribution < 1.29 is 8.78 Å². The largest absolute Gasteiger partial charge is 0.260 e. The quantitative estimate of drug-likeness (QED) is 0.312. The van der Waals surface area contributed by atoms with Gasteiger partial charge in [-0.2, -0.15) is 5.10 Å². The van der Waals surface area contributed by atoms with Crippen LogP contribution >= 0.6 is 0 Å². The van der Waals surface area contributed by atoms with Crippen molar-refractivity contribution in [3.8, 4) is 22.6 Å². The van der Waals surface area contributed by atoms with Crippen LogP contribution in [0, 0.1) is 17.0 Å². The van der Waals surface area contributed by atoms with Crippen molar-refractivity contribution in [2.45, 2.75) is 64.2 Å². The lowest BCUT2D eigenvalue weighted by molar-refractivity contribution is 0.243. The van der Waals surface area contributed by atoms with E-state index in [4.69, 9.17) is 4.98 Å². The van der Waals surface area contributed by atoms with Crippen LogP contribution in [0.1, 0.15) is 76.0 Å². The second-order valence-corrected chi connectivity index (χ2v) is 11.8. The molecule has 0 aliphatic heterocycles. The van der Waals surface area contributed by atoms with E-state index in [1.807, 2.05) is 30.5 Å². The van der Waals surface area contributed by atoms with E-state index in [9.17, 15) is 8.78 Å². The molecular formula is C30H29F2N5. The van der Waals surface area contributed by atoms with Gasteiger partial charge in [-0.05, 0) is 66.1 Å². The zero-order valence-electron chi connectivity index (χ0n) is 21.7. The Morgan fingerprint density at radius 2 is 1.70 bits per heavy atom. The van der Waals surface area contributed by atoms with Crippen LogP contribution in [0.25, 0.3) is 22.6 Å². The Bertz CT molecular complexity index is 1500. The molecule has 0 amide bonds. The summed E-state index contributed by atoms with van der Waals surface area (Å²) in [6.07, 6.45) is 5.43. The van der Waals surface area contributed by atoms with Crippen LogP contribution in [-0.4, -0.2) is 25.1 Å². The van der Waals surface area contributed by atoms with E-state index in [1.165, 1.54) is 18.2 Å². The van der Waals surface area contributed by atoms with Crippen LogP contribution in [0.15, 0.2) is 54.9 Å². The molecule has 3 heterocycles. The molecule has 5 nitrogen and oxygen atoms in total. The third-order valence-corrected chi connectivity index (χ3v) is 8.48. The number of halogens is 2. The predicted molar refractivity (Wildman–Crippen MR) is 138 cm³/mol. The maximum absolute atomic E-state index is 14.5. The minimum atomic E-state index is -0.641. The van der Waals surface area contributed by atoms with Crippen molar-refractivity contribution in [1.29, 1.82) is 0 Å². The summed E-state index contributed by atoms with van der Waals surface area (Å²) in [4.78, 5) is 14.3. The molecule has 2 bridgehead atoms. The third kappa shape index (κ3) is 3.36. The molecule has 0 unspecified atom stereocenters. The zero-order chi connectivity index (χ0) is 26.2. The zero-order valence-corrected chi connectivity index (χ0v) is 21.7. The molecule has 3 aromatic heterocycles. The highest BCUT2D eigenvalue weighted by molar-refractivity contribution is 5.64. The Hall–Kier alpha value is -3.61. The molecule has 188 valence electrons. The Labute approximate surface area is 215 Å². The van der Waals surface area contributed by atoms with Gasteiger partial charge >= 0.3 is 0 Å². The van der Waals surface area contributed by atoms with Crippen molar-refractivity contribution in [3.63, 3.8) is 0 Å². The number of hydrogen-bond donors (Lipinski definition) is 0. The topological polar surface area (TPSA) is 64.5 Å². The van der Waals surface area contributed by atoms with Crippen LogP contribution in [0.5, 0.6) is 0 Å². The minimum absolute atomic E-state index is 0.0419. The average Bonchev–Trinajstić information content (AvgIpc) is 3.24. The van der Waals surface area contributed by atoms with Crippen molar-refractivity contribution in [2.24, 2.45) is 5.41 Å². The predicted octanol–water partition coefficient (Wildman–Crippen LogP) is 6.77. The fourth-order valence-corrected chi connectivity index (χ4v) is 6.46. The summed E-state index contributed by atoms with van der Waals surface area (Å²) in [6.45, 7) is 10.9. The van der Waals surface area contributed by atoms with Gasteiger partial charge in [-0.25, -0.2) is 18.7 Å². The lowest BCUT2D eigenvalue weighted by atomic mass is 9.66. The number of hydrogen-bond acceptors (Lipinski definition) is 5. The molecule has 2 aliphatic rings. The molecule has 7 heteroatoms. The number of benzene rings is 1. The van der Waals surface area contributed by atoms with E-state index in [2.05, 4.69) is 54.8 Å². The van der Waals surface area contributed by atoms with E-state index in [-0.39, 0.29) is 28.0 Å². The Morgan fingerprint density at radius 1 is 0.946 bits per heavy atom. The van der Waals surface area contributed by atoms with Crippen LogP contribution in [0.3, 0.4) is 0 Å². The first-order valence-electron chi connectivity index (χ1n) is 12.7. The van der Waals surface area contributed by atoms with Crippen LogP contribution in [0.4, 0.5) is 8.78 Å². The van der Waals surface area contributed by atoms with Gasteiger partial charge in [0.05, 0.1) is 28.1 Å². The maximum Gasteiger partial charge on any atom is 0.160 e. The fourth-order valence-electron chi connectivity index (χ4n) is 6.46. The number of aromatic nitrogens is 5. The van der Waals surface area contributed by atoms with E-state index in [0.717, 1.165) is 41.1 Å². The van der Waals surface area contributed by atoms with Gasteiger partial charge < -0.3 is 0 Å². The van der Waals surface area contributed by atoms with E-state index < -0.39 is 17.0 Å². The average molecular weight is 498 g/mol. The van der Waals surface area contributed by atoms with Crippen molar-refractivity contribution in [1.82, 2.24) is 25.1 Å². The lowest BCUT2D eigenvalue weighted by Gasteiger charge is -2.37. The summed E-state index contributed by atoms with van der Waals surface area (Å²) in [7, 11) is 0. The maximum atomic E-state index is 14.5. The van der Waals surface area contributed by atoms with Crippen molar-refractivity contribution in [3.05, 3.63) is 89.1 Å². The molecule has 2 atom stereocenters. The van der Waals surface area contributed by atoms with Crippen LogP contribution in [-0.2, 0) is 10.8 Å². The molecular weight excluding hydrogens is 468 g/mol. The van der Waals surface area contributed by atoms with Gasteiger partial charge in [-0.15, -0.1) is 5.10 Å². The van der Waals surface area contributed by atoms with Gasteiger partial charge in [-0.3, -0.25) is 4.98 Å². The summed E-state index contributed by atoms with van der Waals surface area (Å²) in [6, 6.07) is 11.7.